The van der Waals surface area contributed by atoms with Crippen LogP contribution in [0.5, 0.6) is 0 Å². The summed E-state index contributed by atoms with van der Waals surface area (Å²) in [5.74, 6) is 0.238. The number of benzene rings is 1. The predicted octanol–water partition coefficient (Wildman–Crippen LogP) is 3.77. The van der Waals surface area contributed by atoms with Gasteiger partial charge >= 0.3 is 0 Å². The molecule has 0 amide bonds. The van der Waals surface area contributed by atoms with Crippen LogP contribution < -0.4 is 5.73 Å². The van der Waals surface area contributed by atoms with Gasteiger partial charge in [-0.25, -0.2) is 14.6 Å². The SMILES string of the molecule is CCc1cccc2c(-c3cn(Cc4cccc(C(C)(C)C)n4)nn3)nc(N)nc12. The lowest BCUT2D eigenvalue weighted by Crippen LogP contribution is -2.15. The number of aryl methyl sites for hydroxylation is 1. The monoisotopic (exact) mass is 387 g/mol. The van der Waals surface area contributed by atoms with E-state index in [9.17, 15) is 0 Å². The normalized spacial score (nSPS) is 11.9. The van der Waals surface area contributed by atoms with Crippen LogP contribution in [0.15, 0.2) is 42.6 Å². The van der Waals surface area contributed by atoms with Gasteiger partial charge in [0.2, 0.25) is 5.95 Å². The third-order valence-electron chi connectivity index (χ3n) is 4.89. The summed E-state index contributed by atoms with van der Waals surface area (Å²) in [4.78, 5) is 13.7. The molecule has 0 unspecified atom stereocenters. The molecular weight excluding hydrogens is 362 g/mol. The molecule has 0 bridgehead atoms. The van der Waals surface area contributed by atoms with Crippen LogP contribution in [0, 0.1) is 0 Å². The molecule has 0 fully saturated rings. The van der Waals surface area contributed by atoms with Gasteiger partial charge in [-0.15, -0.1) is 5.10 Å². The minimum absolute atomic E-state index is 0.00206. The zero-order valence-corrected chi connectivity index (χ0v) is 17.2. The zero-order valence-electron chi connectivity index (χ0n) is 17.2. The van der Waals surface area contributed by atoms with Crippen LogP contribution in [0.25, 0.3) is 22.3 Å². The average molecular weight is 387 g/mol. The number of fused-ring (bicyclic) bond motifs is 1. The summed E-state index contributed by atoms with van der Waals surface area (Å²) < 4.78 is 1.78. The molecular formula is C22H25N7. The topological polar surface area (TPSA) is 95.4 Å². The van der Waals surface area contributed by atoms with Crippen LogP contribution in [-0.4, -0.2) is 29.9 Å². The highest BCUT2D eigenvalue weighted by Crippen LogP contribution is 2.27. The Morgan fingerprint density at radius 1 is 1.00 bits per heavy atom. The minimum Gasteiger partial charge on any atom is -0.368 e. The van der Waals surface area contributed by atoms with Crippen LogP contribution >= 0.6 is 0 Å². The van der Waals surface area contributed by atoms with Gasteiger partial charge in [-0.2, -0.15) is 0 Å². The lowest BCUT2D eigenvalue weighted by atomic mass is 9.91. The number of pyridine rings is 1. The summed E-state index contributed by atoms with van der Waals surface area (Å²) in [7, 11) is 0. The molecule has 0 radical (unpaired) electrons. The summed E-state index contributed by atoms with van der Waals surface area (Å²) in [6.45, 7) is 9.10. The number of anilines is 1. The van der Waals surface area contributed by atoms with Crippen molar-refractivity contribution in [3.8, 4) is 11.4 Å². The third-order valence-corrected chi connectivity index (χ3v) is 4.89. The fourth-order valence-electron chi connectivity index (χ4n) is 3.34. The van der Waals surface area contributed by atoms with Crippen LogP contribution in [0.3, 0.4) is 0 Å². The maximum atomic E-state index is 5.99. The molecule has 29 heavy (non-hydrogen) atoms. The molecule has 2 N–H and O–H groups in total. The third kappa shape index (κ3) is 3.81. The standard InChI is InChI=1S/C22H25N7/c1-5-14-8-6-10-16-19(14)25-21(23)26-20(16)17-13-29(28-27-17)12-15-9-7-11-18(24-15)22(2,3)4/h6-11,13H,5,12H2,1-4H3,(H2,23,25,26). The van der Waals surface area contributed by atoms with E-state index in [4.69, 9.17) is 10.7 Å². The molecule has 0 aliphatic rings. The van der Waals surface area contributed by atoms with Crippen molar-refractivity contribution in [2.45, 2.75) is 46.1 Å². The first-order valence-corrected chi connectivity index (χ1v) is 9.77. The average Bonchev–Trinajstić information content (AvgIpc) is 3.14. The van der Waals surface area contributed by atoms with Gasteiger partial charge < -0.3 is 5.73 Å². The molecule has 0 saturated carbocycles. The molecule has 7 heteroatoms. The van der Waals surface area contributed by atoms with Crippen molar-refractivity contribution < 1.29 is 0 Å². The van der Waals surface area contributed by atoms with E-state index < -0.39 is 0 Å². The fourth-order valence-corrected chi connectivity index (χ4v) is 3.34. The van der Waals surface area contributed by atoms with E-state index in [-0.39, 0.29) is 11.4 Å². The van der Waals surface area contributed by atoms with Gasteiger partial charge in [-0.3, -0.25) is 4.98 Å². The number of nitrogen functional groups attached to an aromatic ring is 1. The van der Waals surface area contributed by atoms with Gasteiger partial charge in [0, 0.05) is 16.5 Å². The molecule has 4 aromatic rings. The number of rotatable bonds is 4. The number of hydrogen-bond donors (Lipinski definition) is 1. The first kappa shape index (κ1) is 19.0. The summed E-state index contributed by atoms with van der Waals surface area (Å²) in [5, 5.41) is 9.55. The van der Waals surface area contributed by atoms with E-state index in [1.807, 2.05) is 30.5 Å². The maximum Gasteiger partial charge on any atom is 0.221 e. The zero-order chi connectivity index (χ0) is 20.6. The quantitative estimate of drug-likeness (QED) is 0.573. The van der Waals surface area contributed by atoms with Crippen LogP contribution in [-0.2, 0) is 18.4 Å². The van der Waals surface area contributed by atoms with E-state index in [1.54, 1.807) is 4.68 Å². The first-order chi connectivity index (χ1) is 13.8. The van der Waals surface area contributed by atoms with Crippen LogP contribution in [0.2, 0.25) is 0 Å². The molecule has 3 heterocycles. The van der Waals surface area contributed by atoms with Crippen molar-refractivity contribution in [2.75, 3.05) is 5.73 Å². The lowest BCUT2D eigenvalue weighted by molar-refractivity contribution is 0.559. The first-order valence-electron chi connectivity index (χ1n) is 9.77. The Bertz CT molecular complexity index is 1170. The largest absolute Gasteiger partial charge is 0.368 e. The number of nitrogens with two attached hydrogens (primary N) is 1. The van der Waals surface area contributed by atoms with E-state index in [0.29, 0.717) is 17.9 Å². The van der Waals surface area contributed by atoms with E-state index >= 15 is 0 Å². The van der Waals surface area contributed by atoms with Crippen molar-refractivity contribution in [2.24, 2.45) is 0 Å². The molecule has 7 nitrogen and oxygen atoms in total. The molecule has 0 spiro atoms. The molecule has 4 rings (SSSR count). The molecule has 3 aromatic heterocycles. The molecule has 0 aliphatic heterocycles. The fraction of sp³-hybridized carbons (Fsp3) is 0.318. The van der Waals surface area contributed by atoms with E-state index in [1.165, 1.54) is 0 Å². The van der Waals surface area contributed by atoms with Crippen molar-refractivity contribution in [3.63, 3.8) is 0 Å². The van der Waals surface area contributed by atoms with Crippen LogP contribution in [0.4, 0.5) is 5.95 Å². The Morgan fingerprint density at radius 2 is 1.79 bits per heavy atom. The molecule has 0 saturated heterocycles. The van der Waals surface area contributed by atoms with Crippen LogP contribution in [0.1, 0.15) is 44.6 Å². The smallest absolute Gasteiger partial charge is 0.221 e. The highest BCUT2D eigenvalue weighted by atomic mass is 15.4. The summed E-state index contributed by atoms with van der Waals surface area (Å²) >= 11 is 0. The molecule has 0 atom stereocenters. The summed E-state index contributed by atoms with van der Waals surface area (Å²) in [6, 6.07) is 12.2. The van der Waals surface area contributed by atoms with Crippen molar-refractivity contribution in [1.82, 2.24) is 29.9 Å². The highest BCUT2D eigenvalue weighted by Gasteiger charge is 2.17. The second-order valence-corrected chi connectivity index (χ2v) is 8.16. The summed E-state index contributed by atoms with van der Waals surface area (Å²) in [6.07, 6.45) is 2.75. The van der Waals surface area contributed by atoms with E-state index in [2.05, 4.69) is 60.1 Å². The maximum absolute atomic E-state index is 5.99. The Labute approximate surface area is 170 Å². The lowest BCUT2D eigenvalue weighted by Gasteiger charge is -2.18. The number of para-hydroxylation sites is 1. The van der Waals surface area contributed by atoms with Gasteiger partial charge in [0.15, 0.2) is 0 Å². The van der Waals surface area contributed by atoms with Gasteiger partial charge in [-0.05, 0) is 24.1 Å². The Balaban J connectivity index is 1.70. The highest BCUT2D eigenvalue weighted by molar-refractivity contribution is 5.93. The molecule has 0 aliphatic carbocycles. The van der Waals surface area contributed by atoms with Gasteiger partial charge in [-0.1, -0.05) is 57.2 Å². The molecule has 1 aromatic carbocycles. The Kier molecular flexibility index (Phi) is 4.74. The second kappa shape index (κ2) is 7.24. The number of hydrogen-bond acceptors (Lipinski definition) is 6. The van der Waals surface area contributed by atoms with Crippen molar-refractivity contribution >= 4 is 16.9 Å². The van der Waals surface area contributed by atoms with Crippen molar-refractivity contribution in [1.29, 1.82) is 0 Å². The number of nitrogens with zero attached hydrogens (tertiary/aromatic N) is 6. The predicted molar refractivity (Wildman–Crippen MR) is 114 cm³/mol. The van der Waals surface area contributed by atoms with Gasteiger partial charge in [0.25, 0.3) is 0 Å². The van der Waals surface area contributed by atoms with Gasteiger partial charge in [0.05, 0.1) is 24.0 Å². The van der Waals surface area contributed by atoms with E-state index in [0.717, 1.165) is 34.3 Å². The van der Waals surface area contributed by atoms with Gasteiger partial charge in [0.1, 0.15) is 11.4 Å². The minimum atomic E-state index is -0.00206. The van der Waals surface area contributed by atoms with Crippen molar-refractivity contribution in [3.05, 3.63) is 59.5 Å². The summed E-state index contributed by atoms with van der Waals surface area (Å²) in [5.41, 5.74) is 11.3. The second-order valence-electron chi connectivity index (χ2n) is 8.16. The number of aromatic nitrogens is 6. The Morgan fingerprint density at radius 3 is 2.55 bits per heavy atom. The molecule has 148 valence electrons. The Hall–Kier alpha value is -3.35.